The minimum Gasteiger partial charge on any atom is -0.464 e. The van der Waals surface area contributed by atoms with Crippen LogP contribution in [-0.4, -0.2) is 23.8 Å². The van der Waals surface area contributed by atoms with Gasteiger partial charge in [-0.25, -0.2) is 4.79 Å². The Morgan fingerprint density at radius 1 is 1.41 bits per heavy atom. The van der Waals surface area contributed by atoms with E-state index in [-0.39, 0.29) is 17.0 Å². The molecule has 0 amide bonds. The highest BCUT2D eigenvalue weighted by molar-refractivity contribution is 5.85. The van der Waals surface area contributed by atoms with Gasteiger partial charge in [-0.15, -0.1) is 0 Å². The summed E-state index contributed by atoms with van der Waals surface area (Å²) in [6.07, 6.45) is 2.80. The number of esters is 1. The fourth-order valence-corrected chi connectivity index (χ4v) is 3.89. The van der Waals surface area contributed by atoms with Gasteiger partial charge in [-0.05, 0) is 37.5 Å². The van der Waals surface area contributed by atoms with Crippen molar-refractivity contribution in [2.75, 3.05) is 6.61 Å². The van der Waals surface area contributed by atoms with Crippen molar-refractivity contribution in [3.63, 3.8) is 0 Å². The number of hydrogen-bond donors (Lipinski definition) is 0. The van der Waals surface area contributed by atoms with Gasteiger partial charge in [-0.3, -0.25) is 0 Å². The Hall–Kier alpha value is -0.570. The van der Waals surface area contributed by atoms with Gasteiger partial charge in [0.15, 0.2) is 5.60 Å². The lowest BCUT2D eigenvalue weighted by Gasteiger charge is -2.18. The van der Waals surface area contributed by atoms with Crippen LogP contribution in [0.1, 0.15) is 53.9 Å². The van der Waals surface area contributed by atoms with E-state index in [1.54, 1.807) is 0 Å². The van der Waals surface area contributed by atoms with E-state index in [4.69, 9.17) is 9.47 Å². The van der Waals surface area contributed by atoms with Crippen molar-refractivity contribution in [3.8, 4) is 0 Å². The predicted octanol–water partition coefficient (Wildman–Crippen LogP) is 2.92. The van der Waals surface area contributed by atoms with Gasteiger partial charge in [0.05, 0.1) is 6.61 Å². The summed E-state index contributed by atoms with van der Waals surface area (Å²) < 4.78 is 11.2. The van der Waals surface area contributed by atoms with Gasteiger partial charge in [0, 0.05) is 0 Å². The maximum Gasteiger partial charge on any atom is 0.341 e. The summed E-state index contributed by atoms with van der Waals surface area (Å²) in [5, 5.41) is 0. The third kappa shape index (κ3) is 1.62. The van der Waals surface area contributed by atoms with Crippen molar-refractivity contribution in [2.24, 2.45) is 11.3 Å². The molecule has 0 N–H and O–H groups in total. The van der Waals surface area contributed by atoms with Crippen LogP contribution in [-0.2, 0) is 14.3 Å². The second-order valence-electron chi connectivity index (χ2n) is 6.34. The molecule has 1 heterocycles. The van der Waals surface area contributed by atoms with Gasteiger partial charge in [0.1, 0.15) is 5.60 Å². The van der Waals surface area contributed by atoms with E-state index >= 15 is 0 Å². The quantitative estimate of drug-likeness (QED) is 0.562. The highest BCUT2D eigenvalue weighted by Crippen LogP contribution is 2.66. The molecule has 2 aliphatic rings. The second-order valence-corrected chi connectivity index (χ2v) is 6.34. The van der Waals surface area contributed by atoms with Gasteiger partial charge in [-0.1, -0.05) is 27.7 Å². The molecule has 3 atom stereocenters. The summed E-state index contributed by atoms with van der Waals surface area (Å²) in [5.74, 6) is 0.272. The molecule has 0 aromatic rings. The first-order chi connectivity index (χ1) is 7.83. The molecule has 0 aromatic carbocycles. The molecule has 0 radical (unpaired) electrons. The van der Waals surface area contributed by atoms with Gasteiger partial charge in [-0.2, -0.15) is 0 Å². The first-order valence-corrected chi connectivity index (χ1v) is 6.71. The van der Waals surface area contributed by atoms with E-state index in [2.05, 4.69) is 20.8 Å². The third-order valence-corrected chi connectivity index (χ3v) is 4.50. The van der Waals surface area contributed by atoms with E-state index in [0.29, 0.717) is 18.9 Å². The van der Waals surface area contributed by atoms with Gasteiger partial charge in [0.2, 0.25) is 0 Å². The molecule has 17 heavy (non-hydrogen) atoms. The first kappa shape index (κ1) is 12.9. The smallest absolute Gasteiger partial charge is 0.341 e. The Morgan fingerprint density at radius 3 is 2.47 bits per heavy atom. The summed E-state index contributed by atoms with van der Waals surface area (Å²) in [6, 6.07) is 0. The maximum atomic E-state index is 12.1. The fourth-order valence-electron chi connectivity index (χ4n) is 3.89. The molecule has 3 unspecified atom stereocenters. The van der Waals surface area contributed by atoms with E-state index < -0.39 is 5.60 Å². The standard InChI is InChI=1S/C14H24O3/c1-6-13(11(15)16-7-2)14(17-13)9-12(4,5)8-10(14)3/h10H,6-9H2,1-5H3. The zero-order valence-electron chi connectivity index (χ0n) is 11.6. The number of carbonyl (C=O) groups is 1. The van der Waals surface area contributed by atoms with Crippen LogP contribution in [0.15, 0.2) is 0 Å². The molecular weight excluding hydrogens is 216 g/mol. The topological polar surface area (TPSA) is 38.8 Å². The van der Waals surface area contributed by atoms with Crippen LogP contribution in [0.3, 0.4) is 0 Å². The van der Waals surface area contributed by atoms with E-state index in [1.165, 1.54) is 0 Å². The summed E-state index contributed by atoms with van der Waals surface area (Å²) >= 11 is 0. The minimum absolute atomic E-state index is 0.160. The van der Waals surface area contributed by atoms with Gasteiger partial charge in [0.25, 0.3) is 0 Å². The van der Waals surface area contributed by atoms with Crippen LogP contribution in [0.5, 0.6) is 0 Å². The molecule has 1 aliphatic heterocycles. The molecule has 0 bridgehead atoms. The number of epoxide rings is 1. The lowest BCUT2D eigenvalue weighted by molar-refractivity contribution is -0.149. The molecule has 2 rings (SSSR count). The maximum absolute atomic E-state index is 12.1. The molecule has 2 fully saturated rings. The molecule has 1 saturated heterocycles. The van der Waals surface area contributed by atoms with Crippen LogP contribution in [0.25, 0.3) is 0 Å². The summed E-state index contributed by atoms with van der Waals surface area (Å²) in [6.45, 7) is 11.0. The third-order valence-electron chi connectivity index (χ3n) is 4.50. The Labute approximate surface area is 104 Å². The number of hydrogen-bond acceptors (Lipinski definition) is 3. The average molecular weight is 240 g/mol. The minimum atomic E-state index is -0.657. The zero-order valence-corrected chi connectivity index (χ0v) is 11.6. The molecule has 0 aromatic heterocycles. The Kier molecular flexibility index (Phi) is 2.81. The van der Waals surface area contributed by atoms with Crippen LogP contribution >= 0.6 is 0 Å². The van der Waals surface area contributed by atoms with Crippen LogP contribution in [0.2, 0.25) is 0 Å². The van der Waals surface area contributed by atoms with E-state index in [0.717, 1.165) is 12.8 Å². The largest absolute Gasteiger partial charge is 0.464 e. The number of rotatable bonds is 3. The summed E-state index contributed by atoms with van der Waals surface area (Å²) in [5.41, 5.74) is -0.642. The van der Waals surface area contributed by atoms with E-state index in [1.807, 2.05) is 13.8 Å². The Balaban J connectivity index is 2.23. The van der Waals surface area contributed by atoms with Crippen LogP contribution in [0.4, 0.5) is 0 Å². The lowest BCUT2D eigenvalue weighted by atomic mass is 9.82. The number of ether oxygens (including phenoxy) is 2. The highest BCUT2D eigenvalue weighted by Gasteiger charge is 2.79. The Morgan fingerprint density at radius 2 is 2.06 bits per heavy atom. The van der Waals surface area contributed by atoms with E-state index in [9.17, 15) is 4.79 Å². The molecule has 3 nitrogen and oxygen atoms in total. The predicted molar refractivity (Wildman–Crippen MR) is 65.7 cm³/mol. The van der Waals surface area contributed by atoms with Gasteiger partial charge < -0.3 is 9.47 Å². The lowest BCUT2D eigenvalue weighted by Crippen LogP contribution is -2.37. The summed E-state index contributed by atoms with van der Waals surface area (Å²) in [4.78, 5) is 12.1. The highest BCUT2D eigenvalue weighted by atomic mass is 16.7. The van der Waals surface area contributed by atoms with Crippen molar-refractivity contribution in [1.82, 2.24) is 0 Å². The van der Waals surface area contributed by atoms with Crippen LogP contribution in [0, 0.1) is 11.3 Å². The van der Waals surface area contributed by atoms with Crippen LogP contribution < -0.4 is 0 Å². The van der Waals surface area contributed by atoms with Crippen molar-refractivity contribution in [3.05, 3.63) is 0 Å². The molecule has 1 aliphatic carbocycles. The normalized spacial score (nSPS) is 42.8. The molecule has 1 saturated carbocycles. The molecular formula is C14H24O3. The van der Waals surface area contributed by atoms with Crippen molar-refractivity contribution in [2.45, 2.75) is 65.1 Å². The summed E-state index contributed by atoms with van der Waals surface area (Å²) in [7, 11) is 0. The molecule has 98 valence electrons. The fraction of sp³-hybridized carbons (Fsp3) is 0.929. The van der Waals surface area contributed by atoms with Crippen molar-refractivity contribution in [1.29, 1.82) is 0 Å². The Bertz CT molecular complexity index is 336. The van der Waals surface area contributed by atoms with Gasteiger partial charge >= 0.3 is 5.97 Å². The monoisotopic (exact) mass is 240 g/mol. The average Bonchev–Trinajstić information content (AvgIpc) is 2.80. The first-order valence-electron chi connectivity index (χ1n) is 6.71. The SMILES string of the molecule is CCOC(=O)C1(CC)OC12CC(C)(C)CC2C. The molecule has 3 heteroatoms. The zero-order chi connectivity index (χ0) is 12.9. The molecule has 1 spiro atoms. The van der Waals surface area contributed by atoms with Crippen molar-refractivity contribution >= 4 is 5.97 Å². The number of carbonyl (C=O) groups excluding carboxylic acids is 1. The second kappa shape index (κ2) is 3.71. The van der Waals surface area contributed by atoms with Crippen molar-refractivity contribution < 1.29 is 14.3 Å².